The smallest absolute Gasteiger partial charge is 0.418 e. The molecule has 1 fully saturated rings. The summed E-state index contributed by atoms with van der Waals surface area (Å²) in [5.41, 5.74) is 2.22. The summed E-state index contributed by atoms with van der Waals surface area (Å²) in [6, 6.07) is 12.2. The predicted molar refractivity (Wildman–Crippen MR) is 179 cm³/mol. The number of aryl methyl sites for hydroxylation is 1. The van der Waals surface area contributed by atoms with Crippen molar-refractivity contribution in [1.82, 2.24) is 15.2 Å². The molecule has 2 aliphatic heterocycles. The number of hydrogen-bond acceptors (Lipinski definition) is 7. The summed E-state index contributed by atoms with van der Waals surface area (Å²) in [6.07, 6.45) is 4.93. The molecular formula is C35H36F3N7O3. The van der Waals surface area contributed by atoms with Crippen molar-refractivity contribution in [3.8, 4) is 5.75 Å². The van der Waals surface area contributed by atoms with Crippen LogP contribution in [0.25, 0.3) is 0 Å². The Morgan fingerprint density at radius 2 is 1.77 bits per heavy atom. The van der Waals surface area contributed by atoms with Crippen molar-refractivity contribution in [1.29, 1.82) is 0 Å². The van der Waals surface area contributed by atoms with E-state index in [0.717, 1.165) is 17.2 Å². The number of nitrogens with zero attached hydrogens (tertiary/aromatic N) is 5. The monoisotopic (exact) mass is 659 g/mol. The van der Waals surface area contributed by atoms with Gasteiger partial charge < -0.3 is 25.2 Å². The van der Waals surface area contributed by atoms with Crippen LogP contribution in [0.4, 0.5) is 24.5 Å². The van der Waals surface area contributed by atoms with E-state index >= 15 is 0 Å². The number of amides is 2. The van der Waals surface area contributed by atoms with Crippen LogP contribution in [0.5, 0.6) is 5.75 Å². The summed E-state index contributed by atoms with van der Waals surface area (Å²) in [5, 5.41) is 5.43. The number of piperidine rings is 1. The van der Waals surface area contributed by atoms with Crippen LogP contribution >= 0.6 is 0 Å². The molecule has 3 aromatic rings. The van der Waals surface area contributed by atoms with Crippen LogP contribution in [0.2, 0.25) is 0 Å². The van der Waals surface area contributed by atoms with Crippen LogP contribution in [-0.4, -0.2) is 66.5 Å². The number of aliphatic imine (C=N–C) groups is 2. The second-order valence-electron chi connectivity index (χ2n) is 11.5. The first kappa shape index (κ1) is 33.9. The Hall–Kier alpha value is -5.46. The van der Waals surface area contributed by atoms with Gasteiger partial charge in [0.25, 0.3) is 5.91 Å². The van der Waals surface area contributed by atoms with Gasteiger partial charge in [0.2, 0.25) is 5.91 Å². The summed E-state index contributed by atoms with van der Waals surface area (Å²) >= 11 is 0. The maximum atomic E-state index is 14.2. The molecule has 1 aromatic heterocycles. The van der Waals surface area contributed by atoms with Crippen LogP contribution < -0.4 is 20.3 Å². The topological polar surface area (TPSA) is 112 Å². The summed E-state index contributed by atoms with van der Waals surface area (Å²) in [4.78, 5) is 41.1. The van der Waals surface area contributed by atoms with Crippen molar-refractivity contribution in [3.63, 3.8) is 0 Å². The second kappa shape index (κ2) is 14.5. The van der Waals surface area contributed by atoms with Crippen molar-refractivity contribution in [3.05, 3.63) is 107 Å². The standard InChI is InChI=1S/C35H36F3N7O3/c1-22-5-6-25(19-32(22)48-21-31-29(13-16-44(31)4)43-33(39-3)24-9-14-40-15-10-24)34(47)42-27-7-8-30(28(20-27)35(36,37)38)45-17-11-26(12-18-45)41-23(2)46/h5-10,13-16,19-21,26H,11-12,17-18H2,1-4H3,(H,41,46)(H,42,47)/b31-21-,39-33-,43-29-. The van der Waals surface area contributed by atoms with E-state index in [2.05, 4.69) is 20.6 Å². The van der Waals surface area contributed by atoms with Gasteiger partial charge in [-0.3, -0.25) is 19.6 Å². The lowest BCUT2D eigenvalue weighted by Gasteiger charge is -2.35. The Labute approximate surface area is 276 Å². The SMILES string of the molecule is C\N=C(/N=C1/C=CN(C)/C1=C\Oc1cc(C(=O)Nc2ccc(N3CCC(NC(C)=O)CC3)c(C(F)(F)F)c2)ccc1C)c1ccncc1. The second-order valence-corrected chi connectivity index (χ2v) is 11.5. The van der Waals surface area contributed by atoms with Crippen LogP contribution in [-0.2, 0) is 11.0 Å². The van der Waals surface area contributed by atoms with E-state index in [-0.39, 0.29) is 28.9 Å². The van der Waals surface area contributed by atoms with Crippen LogP contribution in [0.3, 0.4) is 0 Å². The molecule has 0 bridgehead atoms. The van der Waals surface area contributed by atoms with Crippen molar-refractivity contribution in [2.24, 2.45) is 9.98 Å². The molecule has 2 aromatic carbocycles. The Balaban J connectivity index is 1.32. The normalized spacial score (nSPS) is 17.3. The molecule has 2 N–H and O–H groups in total. The van der Waals surface area contributed by atoms with Gasteiger partial charge in [0, 0.05) is 81.2 Å². The van der Waals surface area contributed by atoms with E-state index in [0.29, 0.717) is 48.9 Å². The Morgan fingerprint density at radius 1 is 1.04 bits per heavy atom. The number of allylic oxidation sites excluding steroid dienone is 1. The number of amidine groups is 1. The molecule has 2 aliphatic rings. The van der Waals surface area contributed by atoms with Crippen molar-refractivity contribution in [2.75, 3.05) is 37.4 Å². The lowest BCUT2D eigenvalue weighted by atomic mass is 10.0. The van der Waals surface area contributed by atoms with Crippen molar-refractivity contribution < 1.29 is 27.5 Å². The summed E-state index contributed by atoms with van der Waals surface area (Å²) in [7, 11) is 3.49. The van der Waals surface area contributed by atoms with Crippen molar-refractivity contribution >= 4 is 34.7 Å². The fourth-order valence-corrected chi connectivity index (χ4v) is 5.49. The molecule has 0 unspecified atom stereocenters. The zero-order chi connectivity index (χ0) is 34.4. The van der Waals surface area contributed by atoms with Crippen LogP contribution in [0, 0.1) is 6.92 Å². The molecule has 3 heterocycles. The Bertz CT molecular complexity index is 1790. The number of halogens is 3. The highest BCUT2D eigenvalue weighted by Crippen LogP contribution is 2.39. The molecule has 250 valence electrons. The van der Waals surface area contributed by atoms with E-state index in [4.69, 9.17) is 9.73 Å². The zero-order valence-electron chi connectivity index (χ0n) is 27.0. The highest BCUT2D eigenvalue weighted by atomic mass is 19.4. The van der Waals surface area contributed by atoms with Gasteiger partial charge in [-0.2, -0.15) is 13.2 Å². The summed E-state index contributed by atoms with van der Waals surface area (Å²) in [6.45, 7) is 3.96. The van der Waals surface area contributed by atoms with Gasteiger partial charge in [-0.15, -0.1) is 0 Å². The number of aromatic nitrogens is 1. The first-order valence-corrected chi connectivity index (χ1v) is 15.3. The number of carbonyl (C=O) groups excluding carboxylic acids is 2. The quantitative estimate of drug-likeness (QED) is 0.184. The third-order valence-corrected chi connectivity index (χ3v) is 8.03. The average Bonchev–Trinajstić information content (AvgIpc) is 3.41. The number of rotatable bonds is 7. The van der Waals surface area contributed by atoms with Gasteiger partial charge >= 0.3 is 6.18 Å². The highest BCUT2D eigenvalue weighted by Gasteiger charge is 2.36. The minimum atomic E-state index is -4.64. The first-order valence-electron chi connectivity index (χ1n) is 15.3. The fourth-order valence-electron chi connectivity index (χ4n) is 5.49. The molecule has 5 rings (SSSR count). The predicted octanol–water partition coefficient (Wildman–Crippen LogP) is 5.96. The molecule has 0 radical (unpaired) electrons. The Morgan fingerprint density at radius 3 is 2.44 bits per heavy atom. The lowest BCUT2D eigenvalue weighted by Crippen LogP contribution is -2.44. The number of hydrogen-bond donors (Lipinski definition) is 2. The fraction of sp³-hybridized carbons (Fsp3) is 0.286. The zero-order valence-corrected chi connectivity index (χ0v) is 27.0. The third kappa shape index (κ3) is 8.08. The van der Waals surface area contributed by atoms with Gasteiger partial charge in [-0.25, -0.2) is 4.99 Å². The molecule has 10 nitrogen and oxygen atoms in total. The number of pyridine rings is 1. The molecule has 1 saturated heterocycles. The van der Waals surface area contributed by atoms with Gasteiger partial charge in [-0.1, -0.05) is 6.07 Å². The van der Waals surface area contributed by atoms with E-state index < -0.39 is 17.6 Å². The molecule has 0 aliphatic carbocycles. The average molecular weight is 660 g/mol. The van der Waals surface area contributed by atoms with E-state index in [1.54, 1.807) is 36.5 Å². The number of nitrogens with one attached hydrogen (secondary N) is 2. The summed E-state index contributed by atoms with van der Waals surface area (Å²) in [5.74, 6) is 0.154. The van der Waals surface area contributed by atoms with Gasteiger partial charge in [-0.05, 0) is 73.9 Å². The maximum absolute atomic E-state index is 14.2. The minimum absolute atomic E-state index is 0.0106. The van der Waals surface area contributed by atoms with Crippen molar-refractivity contribution in [2.45, 2.75) is 38.9 Å². The number of carbonyl (C=O) groups is 2. The van der Waals surface area contributed by atoms with Gasteiger partial charge in [0.15, 0.2) is 5.84 Å². The molecule has 0 atom stereocenters. The van der Waals surface area contributed by atoms with E-state index in [1.165, 1.54) is 31.4 Å². The van der Waals surface area contributed by atoms with Gasteiger partial charge in [0.05, 0.1) is 11.3 Å². The van der Waals surface area contributed by atoms with E-state index in [1.807, 2.05) is 43.3 Å². The number of anilines is 2. The molecule has 0 saturated carbocycles. The molecule has 2 amide bonds. The van der Waals surface area contributed by atoms with Gasteiger partial charge in [0.1, 0.15) is 17.7 Å². The molecule has 13 heteroatoms. The molecular weight excluding hydrogens is 623 g/mol. The minimum Gasteiger partial charge on any atom is -0.462 e. The molecule has 0 spiro atoms. The first-order chi connectivity index (χ1) is 22.9. The maximum Gasteiger partial charge on any atom is 0.418 e. The highest BCUT2D eigenvalue weighted by molar-refractivity contribution is 6.17. The summed E-state index contributed by atoms with van der Waals surface area (Å²) < 4.78 is 48.6. The third-order valence-electron chi connectivity index (χ3n) is 8.03. The lowest BCUT2D eigenvalue weighted by molar-refractivity contribution is -0.137. The molecule has 48 heavy (non-hydrogen) atoms. The van der Waals surface area contributed by atoms with E-state index in [9.17, 15) is 22.8 Å². The number of benzene rings is 2. The number of ether oxygens (including phenoxy) is 1. The van der Waals surface area contributed by atoms with Crippen LogP contribution in [0.1, 0.15) is 46.8 Å². The largest absolute Gasteiger partial charge is 0.462 e. The Kier molecular flexibility index (Phi) is 10.3. The van der Waals surface area contributed by atoms with Crippen LogP contribution in [0.15, 0.2) is 95.1 Å². The number of alkyl halides is 3.